The highest BCUT2D eigenvalue weighted by atomic mass is 16.6. The highest BCUT2D eigenvalue weighted by Gasteiger charge is 2.20. The predicted molar refractivity (Wildman–Crippen MR) is 75.9 cm³/mol. The minimum Gasteiger partial charge on any atom is -0.486 e. The number of aliphatic imine (C=N–C) groups is 1. The van der Waals surface area contributed by atoms with E-state index in [4.69, 9.17) is 9.47 Å². The Hall–Kier alpha value is -2.17. The molecule has 2 rings (SSSR count). The smallest absolute Gasteiger partial charge is 0.191 e. The van der Waals surface area contributed by atoms with Gasteiger partial charge in [0.1, 0.15) is 12.7 Å². The predicted octanol–water partition coefficient (Wildman–Crippen LogP) is 1.18. The van der Waals surface area contributed by atoms with Gasteiger partial charge in [0.25, 0.3) is 0 Å². The fourth-order valence-electron chi connectivity index (χ4n) is 1.76. The quantitative estimate of drug-likeness (QED) is 0.485. The van der Waals surface area contributed by atoms with Gasteiger partial charge in [-0.25, -0.2) is 0 Å². The standard InChI is InChI=1S/C14H19N3O2/c1-3-8-16-14(15-2)17-9-11-10-18-12-6-4-5-7-13(12)19-11/h3-7,11H,1,8-10H2,2H3,(H2,15,16,17). The van der Waals surface area contributed by atoms with Gasteiger partial charge in [0.2, 0.25) is 0 Å². The van der Waals surface area contributed by atoms with E-state index in [1.54, 1.807) is 13.1 Å². The molecule has 0 aliphatic carbocycles. The Balaban J connectivity index is 1.83. The van der Waals surface area contributed by atoms with Crippen molar-refractivity contribution < 1.29 is 9.47 Å². The van der Waals surface area contributed by atoms with Gasteiger partial charge in [0.05, 0.1) is 6.54 Å². The van der Waals surface area contributed by atoms with Crippen molar-refractivity contribution in [3.05, 3.63) is 36.9 Å². The molecular formula is C14H19N3O2. The monoisotopic (exact) mass is 261 g/mol. The zero-order valence-electron chi connectivity index (χ0n) is 11.1. The van der Waals surface area contributed by atoms with Crippen LogP contribution < -0.4 is 20.1 Å². The molecule has 5 nitrogen and oxygen atoms in total. The molecule has 1 aromatic rings. The van der Waals surface area contributed by atoms with Gasteiger partial charge in [-0.05, 0) is 12.1 Å². The van der Waals surface area contributed by atoms with Crippen LogP contribution in [0.25, 0.3) is 0 Å². The van der Waals surface area contributed by atoms with Gasteiger partial charge in [0.15, 0.2) is 17.5 Å². The summed E-state index contributed by atoms with van der Waals surface area (Å²) in [6.07, 6.45) is 1.75. The van der Waals surface area contributed by atoms with Crippen molar-refractivity contribution in [1.82, 2.24) is 10.6 Å². The molecule has 0 fully saturated rings. The number of ether oxygens (including phenoxy) is 2. The van der Waals surface area contributed by atoms with E-state index in [2.05, 4.69) is 22.2 Å². The summed E-state index contributed by atoms with van der Waals surface area (Å²) in [6.45, 7) is 5.48. The van der Waals surface area contributed by atoms with Crippen LogP contribution in [0.5, 0.6) is 11.5 Å². The molecule has 0 aromatic heterocycles. The lowest BCUT2D eigenvalue weighted by molar-refractivity contribution is 0.0936. The van der Waals surface area contributed by atoms with Crippen LogP contribution in [0.15, 0.2) is 41.9 Å². The van der Waals surface area contributed by atoms with Gasteiger partial charge in [0, 0.05) is 13.6 Å². The second-order valence-corrected chi connectivity index (χ2v) is 4.12. The van der Waals surface area contributed by atoms with Crippen molar-refractivity contribution in [2.75, 3.05) is 26.7 Å². The maximum atomic E-state index is 5.84. The Morgan fingerprint density at radius 1 is 1.42 bits per heavy atom. The third kappa shape index (κ3) is 3.64. The summed E-state index contributed by atoms with van der Waals surface area (Å²) in [5.74, 6) is 2.31. The Morgan fingerprint density at radius 2 is 2.21 bits per heavy atom. The lowest BCUT2D eigenvalue weighted by Crippen LogP contribution is -2.45. The van der Waals surface area contributed by atoms with E-state index in [1.807, 2.05) is 24.3 Å². The zero-order valence-corrected chi connectivity index (χ0v) is 11.1. The Morgan fingerprint density at radius 3 is 2.95 bits per heavy atom. The summed E-state index contributed by atoms with van der Waals surface area (Å²) in [4.78, 5) is 4.10. The van der Waals surface area contributed by atoms with Crippen LogP contribution in [-0.2, 0) is 0 Å². The summed E-state index contributed by atoms with van der Waals surface area (Å²) in [6, 6.07) is 7.68. The first kappa shape index (κ1) is 13.3. The molecule has 2 N–H and O–H groups in total. The minimum atomic E-state index is -0.0304. The average Bonchev–Trinajstić information content (AvgIpc) is 2.47. The molecule has 0 saturated carbocycles. The van der Waals surface area contributed by atoms with Crippen LogP contribution in [0.4, 0.5) is 0 Å². The average molecular weight is 261 g/mol. The molecule has 19 heavy (non-hydrogen) atoms. The Labute approximate surface area is 113 Å². The van der Waals surface area contributed by atoms with E-state index in [9.17, 15) is 0 Å². The van der Waals surface area contributed by atoms with Crippen molar-refractivity contribution >= 4 is 5.96 Å². The number of benzene rings is 1. The maximum absolute atomic E-state index is 5.84. The number of para-hydroxylation sites is 2. The summed E-state index contributed by atoms with van der Waals surface area (Å²) >= 11 is 0. The van der Waals surface area contributed by atoms with Gasteiger partial charge in [-0.2, -0.15) is 0 Å². The van der Waals surface area contributed by atoms with E-state index in [0.717, 1.165) is 17.5 Å². The van der Waals surface area contributed by atoms with Crippen LogP contribution >= 0.6 is 0 Å². The number of nitrogens with one attached hydrogen (secondary N) is 2. The van der Waals surface area contributed by atoms with Gasteiger partial charge >= 0.3 is 0 Å². The molecule has 0 bridgehead atoms. The third-order valence-corrected chi connectivity index (χ3v) is 2.70. The molecule has 1 aromatic carbocycles. The van der Waals surface area contributed by atoms with E-state index in [1.165, 1.54) is 0 Å². The van der Waals surface area contributed by atoms with Crippen molar-refractivity contribution in [3.63, 3.8) is 0 Å². The van der Waals surface area contributed by atoms with Crippen molar-refractivity contribution in [2.24, 2.45) is 4.99 Å². The molecule has 0 spiro atoms. The minimum absolute atomic E-state index is 0.0304. The fourth-order valence-corrected chi connectivity index (χ4v) is 1.76. The summed E-state index contributed by atoms with van der Waals surface area (Å²) in [5, 5.41) is 6.29. The second kappa shape index (κ2) is 6.68. The summed E-state index contributed by atoms with van der Waals surface area (Å²) in [7, 11) is 1.73. The van der Waals surface area contributed by atoms with Gasteiger partial charge in [-0.15, -0.1) is 6.58 Å². The van der Waals surface area contributed by atoms with Gasteiger partial charge in [-0.1, -0.05) is 18.2 Å². The van der Waals surface area contributed by atoms with Crippen LogP contribution in [-0.4, -0.2) is 38.8 Å². The summed E-state index contributed by atoms with van der Waals surface area (Å²) in [5.41, 5.74) is 0. The second-order valence-electron chi connectivity index (χ2n) is 4.12. The normalized spacial score (nSPS) is 17.7. The SMILES string of the molecule is C=CCNC(=NC)NCC1COc2ccccc2O1. The lowest BCUT2D eigenvalue weighted by atomic mass is 10.2. The van der Waals surface area contributed by atoms with Crippen LogP contribution in [0.2, 0.25) is 0 Å². The molecule has 1 aliphatic heterocycles. The first-order chi connectivity index (χ1) is 9.33. The molecule has 0 radical (unpaired) electrons. The molecule has 102 valence electrons. The number of guanidine groups is 1. The first-order valence-corrected chi connectivity index (χ1v) is 6.27. The molecule has 0 amide bonds. The first-order valence-electron chi connectivity index (χ1n) is 6.27. The third-order valence-electron chi connectivity index (χ3n) is 2.70. The Bertz CT molecular complexity index is 460. The highest BCUT2D eigenvalue weighted by molar-refractivity contribution is 5.79. The molecule has 1 unspecified atom stereocenters. The molecule has 1 aliphatic rings. The highest BCUT2D eigenvalue weighted by Crippen LogP contribution is 2.30. The number of nitrogens with zero attached hydrogens (tertiary/aromatic N) is 1. The molecule has 5 heteroatoms. The van der Waals surface area contributed by atoms with E-state index >= 15 is 0 Å². The summed E-state index contributed by atoms with van der Waals surface area (Å²) < 4.78 is 11.5. The Kier molecular flexibility index (Phi) is 4.66. The van der Waals surface area contributed by atoms with Crippen molar-refractivity contribution in [1.29, 1.82) is 0 Å². The van der Waals surface area contributed by atoms with Crippen LogP contribution in [0.1, 0.15) is 0 Å². The fraction of sp³-hybridized carbons (Fsp3) is 0.357. The number of rotatable bonds is 4. The van der Waals surface area contributed by atoms with E-state index in [0.29, 0.717) is 19.7 Å². The van der Waals surface area contributed by atoms with Crippen LogP contribution in [0, 0.1) is 0 Å². The van der Waals surface area contributed by atoms with Crippen LogP contribution in [0.3, 0.4) is 0 Å². The molecule has 1 atom stereocenters. The molecule has 1 heterocycles. The van der Waals surface area contributed by atoms with Gasteiger partial charge < -0.3 is 20.1 Å². The zero-order chi connectivity index (χ0) is 13.5. The van der Waals surface area contributed by atoms with Gasteiger partial charge in [-0.3, -0.25) is 4.99 Å². The number of fused-ring (bicyclic) bond motifs is 1. The maximum Gasteiger partial charge on any atom is 0.191 e. The molecular weight excluding hydrogens is 242 g/mol. The topological polar surface area (TPSA) is 54.9 Å². The lowest BCUT2D eigenvalue weighted by Gasteiger charge is -2.27. The largest absolute Gasteiger partial charge is 0.486 e. The number of hydrogen-bond donors (Lipinski definition) is 2. The molecule has 0 saturated heterocycles. The van der Waals surface area contributed by atoms with Crippen molar-refractivity contribution in [3.8, 4) is 11.5 Å². The van der Waals surface area contributed by atoms with Crippen molar-refractivity contribution in [2.45, 2.75) is 6.10 Å². The van der Waals surface area contributed by atoms with E-state index < -0.39 is 0 Å². The van der Waals surface area contributed by atoms with E-state index in [-0.39, 0.29) is 6.10 Å². The number of hydrogen-bond acceptors (Lipinski definition) is 3.